The Kier molecular flexibility index (Phi) is 14.7. The fraction of sp³-hybridized carbons (Fsp3) is 0.844. The second-order valence-electron chi connectivity index (χ2n) is 12.8. The van der Waals surface area contributed by atoms with E-state index in [0.717, 1.165) is 19.3 Å². The summed E-state index contributed by atoms with van der Waals surface area (Å²) in [5.41, 5.74) is 2.85. The molecule has 37 heavy (non-hydrogen) atoms. The van der Waals surface area contributed by atoms with Gasteiger partial charge in [0.2, 0.25) is 0 Å². The molecule has 0 radical (unpaired) electrons. The summed E-state index contributed by atoms with van der Waals surface area (Å²) < 4.78 is 16.4. The fourth-order valence-corrected chi connectivity index (χ4v) is 6.50. The standard InChI is InChI=1S/C32H58O5/c1-11-13-27(16-15-23(2)20-28(21-25(4)33)37-26(5)34)30-18-17-29(32(30,8)9)24(3)14-12-19-31(6,7)36-22-35-10/h15-16,24-25,28-30,33H,11-14,17-22H2,1-10H3/b23-15+,27-16+/t24-,25-,28-,29-,30+/m1/s1. The molecule has 1 rings (SSSR count). The Bertz CT molecular complexity index is 733. The summed E-state index contributed by atoms with van der Waals surface area (Å²) in [6.45, 7) is 19.6. The van der Waals surface area contributed by atoms with Crippen LogP contribution in [0, 0.1) is 23.2 Å². The van der Waals surface area contributed by atoms with Crippen LogP contribution in [0.1, 0.15) is 120 Å². The molecule has 1 N–H and O–H groups in total. The Morgan fingerprint density at radius 2 is 1.84 bits per heavy atom. The molecule has 5 heteroatoms. The SMILES string of the molecule is CCC/C(=C\C=C(/C)C[C@H](C[C@@H](C)O)OC(C)=O)[C@@H]1CC[C@H]([C@H](C)CCCC(C)(C)OCOC)C1(C)C. The van der Waals surface area contributed by atoms with E-state index in [1.807, 2.05) is 0 Å². The maximum Gasteiger partial charge on any atom is 0.302 e. The van der Waals surface area contributed by atoms with Crippen LogP contribution in [0.4, 0.5) is 0 Å². The van der Waals surface area contributed by atoms with Gasteiger partial charge < -0.3 is 19.3 Å². The Morgan fingerprint density at radius 1 is 1.16 bits per heavy atom. The van der Waals surface area contributed by atoms with E-state index >= 15 is 0 Å². The zero-order valence-electron chi connectivity index (χ0n) is 25.7. The van der Waals surface area contributed by atoms with Gasteiger partial charge in [0.25, 0.3) is 0 Å². The molecular weight excluding hydrogens is 464 g/mol. The summed E-state index contributed by atoms with van der Waals surface area (Å²) >= 11 is 0. The molecule has 0 amide bonds. The van der Waals surface area contributed by atoms with Crippen molar-refractivity contribution in [1.29, 1.82) is 0 Å². The number of rotatable bonds is 17. The Morgan fingerprint density at radius 3 is 2.41 bits per heavy atom. The summed E-state index contributed by atoms with van der Waals surface area (Å²) in [5.74, 6) is 1.69. The van der Waals surface area contributed by atoms with Gasteiger partial charge in [-0.3, -0.25) is 4.79 Å². The molecule has 0 aliphatic heterocycles. The summed E-state index contributed by atoms with van der Waals surface area (Å²) in [7, 11) is 1.67. The van der Waals surface area contributed by atoms with Crippen molar-refractivity contribution >= 4 is 5.97 Å². The van der Waals surface area contributed by atoms with E-state index in [0.29, 0.717) is 37.4 Å². The maximum atomic E-state index is 11.5. The lowest BCUT2D eigenvalue weighted by molar-refractivity contribution is -0.147. The van der Waals surface area contributed by atoms with Gasteiger partial charge in [-0.1, -0.05) is 70.3 Å². The lowest BCUT2D eigenvalue weighted by Gasteiger charge is -2.38. The monoisotopic (exact) mass is 522 g/mol. The van der Waals surface area contributed by atoms with Crippen LogP contribution in [-0.2, 0) is 19.0 Å². The lowest BCUT2D eigenvalue weighted by atomic mass is 9.67. The minimum Gasteiger partial charge on any atom is -0.462 e. The molecule has 0 aromatic carbocycles. The third kappa shape index (κ3) is 12.0. The smallest absolute Gasteiger partial charge is 0.302 e. The molecule has 216 valence electrons. The molecule has 1 aliphatic rings. The van der Waals surface area contributed by atoms with Gasteiger partial charge in [0.15, 0.2) is 0 Å². The molecule has 1 saturated carbocycles. The number of ether oxygens (including phenoxy) is 3. The summed E-state index contributed by atoms with van der Waals surface area (Å²) in [4.78, 5) is 11.5. The van der Waals surface area contributed by atoms with Crippen LogP contribution in [0.5, 0.6) is 0 Å². The van der Waals surface area contributed by atoms with Gasteiger partial charge in [0.05, 0.1) is 11.7 Å². The number of hydrogen-bond donors (Lipinski definition) is 1. The van der Waals surface area contributed by atoms with Gasteiger partial charge in [0.1, 0.15) is 12.9 Å². The maximum absolute atomic E-state index is 11.5. The van der Waals surface area contributed by atoms with E-state index in [2.05, 4.69) is 60.6 Å². The van der Waals surface area contributed by atoms with Crippen molar-refractivity contribution in [3.8, 4) is 0 Å². The van der Waals surface area contributed by atoms with E-state index < -0.39 is 6.10 Å². The number of methoxy groups -OCH3 is 1. The van der Waals surface area contributed by atoms with E-state index in [9.17, 15) is 9.90 Å². The van der Waals surface area contributed by atoms with Crippen LogP contribution in [0.15, 0.2) is 23.3 Å². The average Bonchev–Trinajstić information content (AvgIpc) is 3.08. The number of carbonyl (C=O) groups excluding carboxylic acids is 1. The molecule has 0 aromatic heterocycles. The van der Waals surface area contributed by atoms with Gasteiger partial charge in [0, 0.05) is 26.9 Å². The number of aliphatic hydroxyl groups excluding tert-OH is 1. The number of allylic oxidation sites excluding steroid dienone is 3. The zero-order valence-corrected chi connectivity index (χ0v) is 25.7. The van der Waals surface area contributed by atoms with Crippen LogP contribution >= 0.6 is 0 Å². The van der Waals surface area contributed by atoms with Crippen LogP contribution in [-0.4, -0.2) is 42.8 Å². The highest BCUT2D eigenvalue weighted by Crippen LogP contribution is 2.54. The highest BCUT2D eigenvalue weighted by atomic mass is 16.7. The van der Waals surface area contributed by atoms with Crippen LogP contribution in [0.2, 0.25) is 0 Å². The fourth-order valence-electron chi connectivity index (χ4n) is 6.50. The molecule has 0 heterocycles. The molecule has 1 fully saturated rings. The van der Waals surface area contributed by atoms with Crippen LogP contribution in [0.25, 0.3) is 0 Å². The van der Waals surface area contributed by atoms with Crippen LogP contribution in [0.3, 0.4) is 0 Å². The number of esters is 1. The highest BCUT2D eigenvalue weighted by molar-refractivity contribution is 5.66. The highest BCUT2D eigenvalue weighted by Gasteiger charge is 2.45. The summed E-state index contributed by atoms with van der Waals surface area (Å²) in [6, 6.07) is 0. The molecule has 5 atom stereocenters. The van der Waals surface area contributed by atoms with Crippen molar-refractivity contribution in [3.05, 3.63) is 23.3 Å². The molecule has 5 nitrogen and oxygen atoms in total. The van der Waals surface area contributed by atoms with E-state index in [1.54, 1.807) is 19.6 Å². The minimum absolute atomic E-state index is 0.144. The quantitative estimate of drug-likeness (QED) is 0.119. The first kappa shape index (κ1) is 33.9. The summed E-state index contributed by atoms with van der Waals surface area (Å²) in [5, 5.41) is 9.80. The largest absolute Gasteiger partial charge is 0.462 e. The minimum atomic E-state index is -0.495. The number of carbonyl (C=O) groups is 1. The van der Waals surface area contributed by atoms with E-state index in [4.69, 9.17) is 14.2 Å². The van der Waals surface area contributed by atoms with Crippen molar-refractivity contribution in [2.75, 3.05) is 13.9 Å². The van der Waals surface area contributed by atoms with Crippen molar-refractivity contribution in [1.82, 2.24) is 0 Å². The third-order valence-corrected chi connectivity index (χ3v) is 8.37. The van der Waals surface area contributed by atoms with Gasteiger partial charge in [-0.2, -0.15) is 0 Å². The van der Waals surface area contributed by atoms with Crippen molar-refractivity contribution in [2.45, 2.75) is 138 Å². The molecule has 0 spiro atoms. The Hall–Kier alpha value is -1.17. The van der Waals surface area contributed by atoms with Gasteiger partial charge in [-0.15, -0.1) is 0 Å². The molecule has 0 saturated heterocycles. The van der Waals surface area contributed by atoms with Crippen molar-refractivity contribution in [2.24, 2.45) is 23.2 Å². The van der Waals surface area contributed by atoms with E-state index in [-0.39, 0.29) is 23.1 Å². The Labute approximate surface area is 228 Å². The van der Waals surface area contributed by atoms with E-state index in [1.165, 1.54) is 38.2 Å². The summed E-state index contributed by atoms with van der Waals surface area (Å²) in [6.07, 6.45) is 13.1. The van der Waals surface area contributed by atoms with Crippen molar-refractivity contribution in [3.63, 3.8) is 0 Å². The molecular formula is C32H58O5. The molecule has 0 unspecified atom stereocenters. The lowest BCUT2D eigenvalue weighted by Crippen LogP contribution is -2.31. The molecule has 0 bridgehead atoms. The second kappa shape index (κ2) is 16.1. The van der Waals surface area contributed by atoms with Gasteiger partial charge in [-0.05, 0) is 76.5 Å². The van der Waals surface area contributed by atoms with Crippen LogP contribution < -0.4 is 0 Å². The molecule has 0 aromatic rings. The predicted octanol–water partition coefficient (Wildman–Crippen LogP) is 8.01. The topological polar surface area (TPSA) is 65.0 Å². The first-order chi connectivity index (χ1) is 17.2. The number of aliphatic hydroxyl groups is 1. The normalized spacial score (nSPS) is 23.1. The number of hydrogen-bond acceptors (Lipinski definition) is 5. The molecule has 1 aliphatic carbocycles. The van der Waals surface area contributed by atoms with Gasteiger partial charge in [-0.25, -0.2) is 0 Å². The zero-order chi connectivity index (χ0) is 28.2. The van der Waals surface area contributed by atoms with Crippen molar-refractivity contribution < 1.29 is 24.1 Å². The third-order valence-electron chi connectivity index (χ3n) is 8.37. The Balaban J connectivity index is 2.89. The second-order valence-corrected chi connectivity index (χ2v) is 12.8. The van der Waals surface area contributed by atoms with Gasteiger partial charge >= 0.3 is 5.97 Å². The predicted molar refractivity (Wildman–Crippen MR) is 153 cm³/mol. The average molecular weight is 523 g/mol. The first-order valence-corrected chi connectivity index (χ1v) is 14.6. The first-order valence-electron chi connectivity index (χ1n) is 14.6.